The molecule has 4 nitrogen and oxygen atoms in total. The van der Waals surface area contributed by atoms with Gasteiger partial charge in [-0.1, -0.05) is 23.8 Å². The number of fused-ring (bicyclic) bond motifs is 2. The van der Waals surface area contributed by atoms with E-state index in [4.69, 9.17) is 9.47 Å². The summed E-state index contributed by atoms with van der Waals surface area (Å²) in [5.41, 5.74) is 3.67. The van der Waals surface area contributed by atoms with Crippen LogP contribution in [0, 0.1) is 5.92 Å². The van der Waals surface area contributed by atoms with Crippen LogP contribution in [0.15, 0.2) is 47.1 Å². The first-order valence-electron chi connectivity index (χ1n) is 8.58. The fourth-order valence-electron chi connectivity index (χ4n) is 3.57. The van der Waals surface area contributed by atoms with E-state index in [1.54, 1.807) is 0 Å². The molecule has 24 heavy (non-hydrogen) atoms. The Morgan fingerprint density at radius 3 is 2.62 bits per heavy atom. The van der Waals surface area contributed by atoms with Crippen molar-refractivity contribution in [2.75, 3.05) is 0 Å². The van der Waals surface area contributed by atoms with Crippen molar-refractivity contribution in [2.24, 2.45) is 5.92 Å². The molecule has 2 bridgehead atoms. The molecule has 1 aliphatic carbocycles. The third-order valence-electron chi connectivity index (χ3n) is 4.99. The minimum atomic E-state index is -0.297. The predicted octanol–water partition coefficient (Wildman–Crippen LogP) is 3.79. The molecule has 0 saturated carbocycles. The molecule has 3 rings (SSSR count). The predicted molar refractivity (Wildman–Crippen MR) is 91.1 cm³/mol. The molecule has 0 radical (unpaired) electrons. The highest BCUT2D eigenvalue weighted by atomic mass is 16.6. The average Bonchev–Trinajstić information content (AvgIpc) is 2.97. The zero-order chi connectivity index (χ0) is 17.3. The topological polar surface area (TPSA) is 52.6 Å². The molecule has 0 amide bonds. The summed E-state index contributed by atoms with van der Waals surface area (Å²) in [6.07, 6.45) is 9.56. The third kappa shape index (κ3) is 3.53. The number of carbonyl (C=O) groups is 2. The van der Waals surface area contributed by atoms with Crippen LogP contribution in [0.5, 0.6) is 0 Å². The Morgan fingerprint density at radius 2 is 1.83 bits per heavy atom. The number of hydrogen-bond donors (Lipinski definition) is 0. The summed E-state index contributed by atoms with van der Waals surface area (Å²) in [6.45, 7) is 8.00. The molecule has 0 unspecified atom stereocenters. The van der Waals surface area contributed by atoms with Crippen LogP contribution in [0.3, 0.4) is 0 Å². The maximum absolute atomic E-state index is 11.9. The van der Waals surface area contributed by atoms with E-state index >= 15 is 0 Å². The summed E-state index contributed by atoms with van der Waals surface area (Å²) in [5, 5.41) is 0. The lowest BCUT2D eigenvalue weighted by Gasteiger charge is -2.16. The van der Waals surface area contributed by atoms with E-state index < -0.39 is 0 Å². The van der Waals surface area contributed by atoms with Crippen LogP contribution in [0.4, 0.5) is 0 Å². The number of esters is 2. The average molecular weight is 328 g/mol. The lowest BCUT2D eigenvalue weighted by atomic mass is 9.89. The minimum Gasteiger partial charge on any atom is -0.454 e. The van der Waals surface area contributed by atoms with Crippen LogP contribution in [0.2, 0.25) is 0 Å². The Kier molecular flexibility index (Phi) is 4.74. The number of ether oxygens (including phenoxy) is 2. The molecule has 3 aliphatic rings. The van der Waals surface area contributed by atoms with Gasteiger partial charge in [-0.05, 0) is 51.7 Å². The number of carbonyl (C=O) groups excluding carboxylic acids is 2. The van der Waals surface area contributed by atoms with Crippen LogP contribution in [0.1, 0.15) is 46.0 Å². The number of hydrogen-bond acceptors (Lipinski definition) is 4. The quantitative estimate of drug-likeness (QED) is 0.386. The van der Waals surface area contributed by atoms with Gasteiger partial charge >= 0.3 is 11.9 Å². The van der Waals surface area contributed by atoms with Gasteiger partial charge in [0.05, 0.1) is 0 Å². The smallest absolute Gasteiger partial charge is 0.334 e. The summed E-state index contributed by atoms with van der Waals surface area (Å²) < 4.78 is 10.9. The number of allylic oxidation sites excluding steroid dienone is 2. The van der Waals surface area contributed by atoms with E-state index in [2.05, 4.69) is 19.6 Å². The van der Waals surface area contributed by atoms with Gasteiger partial charge in [-0.2, -0.15) is 0 Å². The van der Waals surface area contributed by atoms with Crippen molar-refractivity contribution < 1.29 is 19.1 Å². The van der Waals surface area contributed by atoms with Gasteiger partial charge in [0.25, 0.3) is 0 Å². The largest absolute Gasteiger partial charge is 0.454 e. The SMILES string of the molecule is C=C1C(=O)O[C@@H]2/C=C(\C)C[C@@H]3C=C(CC/C=C(/C)CC[C@@H]12)C(=O)O3. The van der Waals surface area contributed by atoms with Gasteiger partial charge in [0.1, 0.15) is 12.2 Å². The lowest BCUT2D eigenvalue weighted by Crippen LogP contribution is -2.16. The van der Waals surface area contributed by atoms with E-state index in [0.717, 1.165) is 36.8 Å². The molecule has 4 heteroatoms. The Hall–Kier alpha value is -2.10. The van der Waals surface area contributed by atoms with Crippen molar-refractivity contribution in [3.8, 4) is 0 Å². The Labute approximate surface area is 142 Å². The Balaban J connectivity index is 1.86. The maximum atomic E-state index is 11.9. The summed E-state index contributed by atoms with van der Waals surface area (Å²) in [6, 6.07) is 0. The summed E-state index contributed by atoms with van der Waals surface area (Å²) >= 11 is 0. The van der Waals surface area contributed by atoms with Crippen molar-refractivity contribution >= 4 is 11.9 Å². The Bertz CT molecular complexity index is 665. The molecular formula is C20H24O4. The highest BCUT2D eigenvalue weighted by Crippen LogP contribution is 2.34. The molecule has 0 spiro atoms. The van der Waals surface area contributed by atoms with Crippen LogP contribution in [-0.4, -0.2) is 24.1 Å². The van der Waals surface area contributed by atoms with E-state index in [-0.39, 0.29) is 30.1 Å². The molecular weight excluding hydrogens is 304 g/mol. The molecule has 128 valence electrons. The van der Waals surface area contributed by atoms with Gasteiger partial charge in [-0.15, -0.1) is 0 Å². The van der Waals surface area contributed by atoms with Gasteiger partial charge in [0.2, 0.25) is 0 Å². The van der Waals surface area contributed by atoms with Crippen LogP contribution < -0.4 is 0 Å². The first kappa shape index (κ1) is 16.7. The van der Waals surface area contributed by atoms with E-state index in [9.17, 15) is 9.59 Å². The van der Waals surface area contributed by atoms with Crippen LogP contribution >= 0.6 is 0 Å². The zero-order valence-corrected chi connectivity index (χ0v) is 14.3. The van der Waals surface area contributed by atoms with Crippen LogP contribution in [-0.2, 0) is 19.1 Å². The second-order valence-electron chi connectivity index (χ2n) is 6.98. The van der Waals surface area contributed by atoms with Gasteiger partial charge < -0.3 is 9.47 Å². The number of rotatable bonds is 0. The first-order valence-corrected chi connectivity index (χ1v) is 8.58. The van der Waals surface area contributed by atoms with Crippen molar-refractivity contribution in [1.29, 1.82) is 0 Å². The highest BCUT2D eigenvalue weighted by Gasteiger charge is 2.37. The Morgan fingerprint density at radius 1 is 1.04 bits per heavy atom. The van der Waals surface area contributed by atoms with E-state index in [0.29, 0.717) is 12.0 Å². The molecule has 2 heterocycles. The summed E-state index contributed by atoms with van der Waals surface area (Å²) in [4.78, 5) is 23.8. The zero-order valence-electron chi connectivity index (χ0n) is 14.3. The first-order chi connectivity index (χ1) is 11.4. The van der Waals surface area contributed by atoms with E-state index in [1.807, 2.05) is 19.1 Å². The summed E-state index contributed by atoms with van der Waals surface area (Å²) in [5.74, 6) is -0.474. The van der Waals surface area contributed by atoms with Gasteiger partial charge in [-0.3, -0.25) is 0 Å². The van der Waals surface area contributed by atoms with Gasteiger partial charge in [0, 0.05) is 23.5 Å². The molecule has 2 aliphatic heterocycles. The molecule has 0 aromatic carbocycles. The molecule has 0 N–H and O–H groups in total. The second kappa shape index (κ2) is 6.80. The maximum Gasteiger partial charge on any atom is 0.334 e. The molecule has 1 saturated heterocycles. The normalized spacial score (nSPS) is 35.7. The second-order valence-corrected chi connectivity index (χ2v) is 6.98. The molecule has 0 aromatic heterocycles. The highest BCUT2D eigenvalue weighted by molar-refractivity contribution is 5.91. The third-order valence-corrected chi connectivity index (χ3v) is 4.99. The lowest BCUT2D eigenvalue weighted by molar-refractivity contribution is -0.139. The standard InChI is InChI=1S/C20H24O4/c1-12-5-4-6-15-11-16(23-20(15)22)9-13(2)10-18-17(8-7-12)14(3)19(21)24-18/h5,10-11,16-18H,3-4,6-9H2,1-2H3/b12-5-,13-10+/t16-,17+,18-/m1/s1. The fourth-order valence-corrected chi connectivity index (χ4v) is 3.57. The minimum absolute atomic E-state index is 0.0240. The fraction of sp³-hybridized carbons (Fsp3) is 0.500. The van der Waals surface area contributed by atoms with Crippen molar-refractivity contribution in [1.82, 2.24) is 0 Å². The molecule has 1 fully saturated rings. The van der Waals surface area contributed by atoms with Gasteiger partial charge in [0.15, 0.2) is 0 Å². The van der Waals surface area contributed by atoms with Gasteiger partial charge in [-0.25, -0.2) is 9.59 Å². The molecule has 3 atom stereocenters. The van der Waals surface area contributed by atoms with Crippen molar-refractivity contribution in [3.63, 3.8) is 0 Å². The van der Waals surface area contributed by atoms with Crippen molar-refractivity contribution in [2.45, 2.75) is 58.2 Å². The molecule has 0 aromatic rings. The summed E-state index contributed by atoms with van der Waals surface area (Å²) in [7, 11) is 0. The van der Waals surface area contributed by atoms with E-state index in [1.165, 1.54) is 5.57 Å². The van der Waals surface area contributed by atoms with Crippen molar-refractivity contribution in [3.05, 3.63) is 47.1 Å². The monoisotopic (exact) mass is 328 g/mol. The van der Waals surface area contributed by atoms with Crippen LogP contribution in [0.25, 0.3) is 0 Å².